The van der Waals surface area contributed by atoms with E-state index in [2.05, 4.69) is 25.5 Å². The summed E-state index contributed by atoms with van der Waals surface area (Å²) < 4.78 is 0. The fourth-order valence-electron chi connectivity index (χ4n) is 5.59. The lowest BCUT2D eigenvalue weighted by Crippen LogP contribution is -2.55. The predicted molar refractivity (Wildman–Crippen MR) is 118 cm³/mol. The maximum Gasteiger partial charge on any atom is 0.272 e. The minimum atomic E-state index is -0.136. The van der Waals surface area contributed by atoms with E-state index in [1.807, 2.05) is 49.4 Å². The molecule has 4 aromatic rings. The van der Waals surface area contributed by atoms with Gasteiger partial charge in [0.05, 0.1) is 22.1 Å². The van der Waals surface area contributed by atoms with Crippen molar-refractivity contribution in [3.63, 3.8) is 0 Å². The number of rotatable bonds is 3. The van der Waals surface area contributed by atoms with Crippen LogP contribution in [-0.4, -0.2) is 32.1 Å². The Hall–Kier alpha value is -3.48. The van der Waals surface area contributed by atoms with Crippen molar-refractivity contribution in [3.05, 3.63) is 69.9 Å². The fraction of sp³-hybridized carbons (Fsp3) is 0.333. The van der Waals surface area contributed by atoms with Crippen LogP contribution in [0.3, 0.4) is 0 Å². The molecule has 7 nitrogen and oxygen atoms in total. The first kappa shape index (κ1) is 18.3. The second kappa shape index (κ2) is 6.51. The van der Waals surface area contributed by atoms with E-state index in [1.54, 1.807) is 0 Å². The molecule has 0 saturated heterocycles. The fourth-order valence-corrected chi connectivity index (χ4v) is 5.59. The molecule has 2 saturated carbocycles. The van der Waals surface area contributed by atoms with Crippen LogP contribution in [0, 0.1) is 12.3 Å². The Morgan fingerprint density at radius 1 is 1.10 bits per heavy atom. The third-order valence-electron chi connectivity index (χ3n) is 7.03. The van der Waals surface area contributed by atoms with E-state index < -0.39 is 0 Å². The molecule has 0 radical (unpaired) electrons. The van der Waals surface area contributed by atoms with Crippen molar-refractivity contribution in [2.24, 2.45) is 5.41 Å². The molecule has 156 valence electrons. The number of carbonyl (C=O) groups excluding carboxylic acids is 1. The lowest BCUT2D eigenvalue weighted by atomic mass is 9.49. The molecule has 0 unspecified atom stereocenters. The molecule has 2 aromatic carbocycles. The maximum absolute atomic E-state index is 12.7. The summed E-state index contributed by atoms with van der Waals surface area (Å²) >= 11 is 0. The van der Waals surface area contributed by atoms with Gasteiger partial charge in [-0.05, 0) is 62.3 Å². The standard InChI is InChI=1S/C24H23N5O2/c1-13-25-19-7-6-14(8-20(19)26-13)22(30)27-16-11-24(12-16)9-15(10-24)21-17-4-2-3-5-18(17)23(31)29-28-21/h2-8,15-16H,9-12H2,1H3,(H,25,26)(H,27,30)(H,29,31)/t15-,16-,24?. The summed E-state index contributed by atoms with van der Waals surface area (Å²) in [6.07, 6.45) is 4.11. The van der Waals surface area contributed by atoms with Gasteiger partial charge in [0.2, 0.25) is 0 Å². The van der Waals surface area contributed by atoms with Crippen molar-refractivity contribution >= 4 is 27.7 Å². The van der Waals surface area contributed by atoms with Crippen LogP contribution in [0.2, 0.25) is 0 Å². The van der Waals surface area contributed by atoms with Crippen molar-refractivity contribution in [3.8, 4) is 0 Å². The van der Waals surface area contributed by atoms with Crippen molar-refractivity contribution < 1.29 is 4.79 Å². The van der Waals surface area contributed by atoms with Crippen LogP contribution in [0.1, 0.15) is 53.5 Å². The minimum Gasteiger partial charge on any atom is -0.349 e. The van der Waals surface area contributed by atoms with Gasteiger partial charge in [-0.25, -0.2) is 10.1 Å². The molecule has 3 N–H and O–H groups in total. The maximum atomic E-state index is 12.7. The molecule has 7 heteroatoms. The second-order valence-electron chi connectivity index (χ2n) is 9.22. The number of aromatic amines is 2. The third kappa shape index (κ3) is 2.95. The van der Waals surface area contributed by atoms with Gasteiger partial charge in [0.15, 0.2) is 0 Å². The van der Waals surface area contributed by atoms with Crippen LogP contribution in [-0.2, 0) is 0 Å². The van der Waals surface area contributed by atoms with Gasteiger partial charge in [-0.3, -0.25) is 9.59 Å². The highest BCUT2D eigenvalue weighted by Gasteiger charge is 2.54. The van der Waals surface area contributed by atoms with Gasteiger partial charge in [0.1, 0.15) is 5.82 Å². The van der Waals surface area contributed by atoms with E-state index in [-0.39, 0.29) is 17.5 Å². The molecule has 0 bridgehead atoms. The van der Waals surface area contributed by atoms with E-state index in [0.29, 0.717) is 22.3 Å². The van der Waals surface area contributed by atoms with Crippen LogP contribution < -0.4 is 10.9 Å². The molecule has 2 fully saturated rings. The Labute approximate surface area is 178 Å². The van der Waals surface area contributed by atoms with Crippen LogP contribution in [0.15, 0.2) is 47.3 Å². The average molecular weight is 413 g/mol. The van der Waals surface area contributed by atoms with E-state index in [0.717, 1.165) is 53.6 Å². The summed E-state index contributed by atoms with van der Waals surface area (Å²) in [6.45, 7) is 1.91. The normalized spacial score (nSPS) is 24.8. The average Bonchev–Trinajstić information content (AvgIpc) is 3.09. The highest BCUT2D eigenvalue weighted by Crippen LogP contribution is 2.62. The predicted octanol–water partition coefficient (Wildman–Crippen LogP) is 3.56. The van der Waals surface area contributed by atoms with Crippen LogP contribution in [0.4, 0.5) is 0 Å². The number of aromatic nitrogens is 4. The Bertz CT molecular complexity index is 1390. The van der Waals surface area contributed by atoms with E-state index >= 15 is 0 Å². The molecule has 31 heavy (non-hydrogen) atoms. The molecule has 0 atom stereocenters. The van der Waals surface area contributed by atoms with Gasteiger partial charge in [-0.15, -0.1) is 0 Å². The second-order valence-corrected chi connectivity index (χ2v) is 9.22. The minimum absolute atomic E-state index is 0.0356. The molecule has 2 aliphatic carbocycles. The zero-order valence-electron chi connectivity index (χ0n) is 17.2. The Balaban J connectivity index is 1.10. The molecule has 2 aliphatic rings. The summed E-state index contributed by atoms with van der Waals surface area (Å²) in [5.41, 5.74) is 3.57. The van der Waals surface area contributed by atoms with Crippen molar-refractivity contribution in [1.29, 1.82) is 0 Å². The zero-order chi connectivity index (χ0) is 21.2. The first-order valence-electron chi connectivity index (χ1n) is 10.7. The van der Waals surface area contributed by atoms with E-state index in [1.165, 1.54) is 0 Å². The highest BCUT2D eigenvalue weighted by atomic mass is 16.1. The highest BCUT2D eigenvalue weighted by molar-refractivity contribution is 5.97. The first-order chi connectivity index (χ1) is 15.0. The van der Waals surface area contributed by atoms with E-state index in [9.17, 15) is 9.59 Å². The lowest BCUT2D eigenvalue weighted by molar-refractivity contribution is -0.0196. The largest absolute Gasteiger partial charge is 0.349 e. The molecule has 0 aliphatic heterocycles. The molecular formula is C24H23N5O2. The molecular weight excluding hydrogens is 390 g/mol. The van der Waals surface area contributed by atoms with Gasteiger partial charge in [-0.2, -0.15) is 5.10 Å². The zero-order valence-corrected chi connectivity index (χ0v) is 17.2. The van der Waals surface area contributed by atoms with Crippen molar-refractivity contribution in [1.82, 2.24) is 25.5 Å². The first-order valence-corrected chi connectivity index (χ1v) is 10.7. The van der Waals surface area contributed by atoms with Gasteiger partial charge in [0, 0.05) is 22.9 Å². The quantitative estimate of drug-likeness (QED) is 0.478. The van der Waals surface area contributed by atoms with Gasteiger partial charge in [0.25, 0.3) is 11.5 Å². The van der Waals surface area contributed by atoms with Crippen LogP contribution >= 0.6 is 0 Å². The SMILES string of the molecule is Cc1nc2cc(C(=O)N[C@H]3CC4(C3)C[C@H](c3n[nH]c(=O)c5ccccc53)C4)ccc2[nH]1. The molecule has 1 amide bonds. The molecule has 6 rings (SSSR count). The lowest BCUT2D eigenvalue weighted by Gasteiger charge is -2.57. The third-order valence-corrected chi connectivity index (χ3v) is 7.03. The van der Waals surface area contributed by atoms with Crippen molar-refractivity contribution in [2.75, 3.05) is 0 Å². The Kier molecular flexibility index (Phi) is 3.84. The summed E-state index contributed by atoms with van der Waals surface area (Å²) in [5, 5.41) is 11.9. The molecule has 1 spiro atoms. The molecule has 2 aromatic heterocycles. The summed E-state index contributed by atoms with van der Waals surface area (Å²) in [6, 6.07) is 13.5. The van der Waals surface area contributed by atoms with Crippen LogP contribution in [0.25, 0.3) is 21.8 Å². The van der Waals surface area contributed by atoms with Gasteiger partial charge < -0.3 is 10.3 Å². The molecule has 2 heterocycles. The number of nitrogens with one attached hydrogen (secondary N) is 3. The van der Waals surface area contributed by atoms with Crippen molar-refractivity contribution in [2.45, 2.75) is 44.6 Å². The van der Waals surface area contributed by atoms with Crippen LogP contribution in [0.5, 0.6) is 0 Å². The number of amides is 1. The number of benzene rings is 2. The monoisotopic (exact) mass is 413 g/mol. The number of hydrogen-bond acceptors (Lipinski definition) is 4. The van der Waals surface area contributed by atoms with E-state index in [4.69, 9.17) is 0 Å². The number of fused-ring (bicyclic) bond motifs is 2. The number of H-pyrrole nitrogens is 2. The number of aryl methyl sites for hydroxylation is 1. The Morgan fingerprint density at radius 2 is 1.87 bits per heavy atom. The summed E-state index contributed by atoms with van der Waals surface area (Å²) in [7, 11) is 0. The van der Waals surface area contributed by atoms with Gasteiger partial charge >= 0.3 is 0 Å². The topological polar surface area (TPSA) is 104 Å². The number of carbonyl (C=O) groups is 1. The number of nitrogens with zero attached hydrogens (tertiary/aromatic N) is 2. The van der Waals surface area contributed by atoms with Gasteiger partial charge in [-0.1, -0.05) is 18.2 Å². The smallest absolute Gasteiger partial charge is 0.272 e. The Morgan fingerprint density at radius 3 is 2.68 bits per heavy atom. The summed E-state index contributed by atoms with van der Waals surface area (Å²) in [4.78, 5) is 32.3. The summed E-state index contributed by atoms with van der Waals surface area (Å²) in [5.74, 6) is 1.17. The number of imidazole rings is 1. The number of hydrogen-bond donors (Lipinski definition) is 3.